The summed E-state index contributed by atoms with van der Waals surface area (Å²) in [4.78, 5) is 12.5. The smallest absolute Gasteiger partial charge is 0.293 e. The third-order valence-corrected chi connectivity index (χ3v) is 3.60. The minimum atomic E-state index is -4.36. The molecule has 0 radical (unpaired) electrons. The highest BCUT2D eigenvalue weighted by molar-refractivity contribution is 7.08. The second kappa shape index (κ2) is 5.70. The van der Waals surface area contributed by atoms with Crippen molar-refractivity contribution < 1.29 is 18.0 Å². The summed E-state index contributed by atoms with van der Waals surface area (Å²) < 4.78 is 41.0. The number of hydrogen-bond donors (Lipinski definition) is 0. The molecule has 0 aliphatic rings. The number of aromatic nitrogens is 2. The van der Waals surface area contributed by atoms with Crippen LogP contribution < -0.4 is 0 Å². The van der Waals surface area contributed by atoms with E-state index in [9.17, 15) is 18.0 Å². The summed E-state index contributed by atoms with van der Waals surface area (Å²) in [6, 6.07) is 4.60. The second-order valence-electron chi connectivity index (χ2n) is 4.20. The zero-order valence-corrected chi connectivity index (χ0v) is 11.4. The average molecular weight is 300 g/mol. The highest BCUT2D eigenvalue weighted by Gasteiger charge is 2.30. The molecule has 7 heteroatoms. The van der Waals surface area contributed by atoms with Crippen molar-refractivity contribution in [3.8, 4) is 0 Å². The fraction of sp³-hybridized carbons (Fsp3) is 0.308. The molecule has 0 fully saturated rings. The Kier molecular flexibility index (Phi) is 4.17. The zero-order chi connectivity index (χ0) is 14.8. The van der Waals surface area contributed by atoms with Crippen LogP contribution in [0.2, 0.25) is 0 Å². The van der Waals surface area contributed by atoms with Gasteiger partial charge < -0.3 is 0 Å². The first-order valence-electron chi connectivity index (χ1n) is 5.92. The highest BCUT2D eigenvalue weighted by atomic mass is 32.1. The van der Waals surface area contributed by atoms with Gasteiger partial charge in [0.15, 0.2) is 5.78 Å². The first-order chi connectivity index (χ1) is 9.41. The minimum Gasteiger partial charge on any atom is -0.293 e. The topological polar surface area (TPSA) is 42.9 Å². The molecule has 0 bridgehead atoms. The summed E-state index contributed by atoms with van der Waals surface area (Å²) in [6.07, 6.45) is -3.71. The molecule has 1 heterocycles. The molecule has 0 aliphatic heterocycles. The van der Waals surface area contributed by atoms with Crippen molar-refractivity contribution in [3.05, 3.63) is 46.0 Å². The predicted octanol–water partition coefficient (Wildman–Crippen LogP) is 3.54. The van der Waals surface area contributed by atoms with Gasteiger partial charge in [0, 0.05) is 6.42 Å². The molecule has 0 aliphatic carbocycles. The summed E-state index contributed by atoms with van der Waals surface area (Å²) in [6.45, 7) is 1.87. The molecule has 2 aromatic rings. The van der Waals surface area contributed by atoms with Gasteiger partial charge in [-0.2, -0.15) is 13.2 Å². The summed E-state index contributed by atoms with van der Waals surface area (Å²) in [7, 11) is 0. The van der Waals surface area contributed by atoms with Crippen LogP contribution in [0.15, 0.2) is 24.3 Å². The maximum atomic E-state index is 12.4. The number of carbonyl (C=O) groups is 1. The molecule has 0 saturated carbocycles. The van der Waals surface area contributed by atoms with Crippen LogP contribution in [0.1, 0.15) is 33.4 Å². The molecule has 1 aromatic heterocycles. The van der Waals surface area contributed by atoms with Crippen molar-refractivity contribution in [2.75, 3.05) is 0 Å². The zero-order valence-electron chi connectivity index (χ0n) is 10.6. The normalized spacial score (nSPS) is 11.6. The second-order valence-corrected chi connectivity index (χ2v) is 4.95. The van der Waals surface area contributed by atoms with E-state index in [-0.39, 0.29) is 12.2 Å². The van der Waals surface area contributed by atoms with Gasteiger partial charge in [0.1, 0.15) is 4.88 Å². The number of Topliss-reactive ketones (excluding diaryl/α,β-unsaturated/α-hetero) is 1. The number of alkyl halides is 3. The van der Waals surface area contributed by atoms with Crippen LogP contribution in [0.3, 0.4) is 0 Å². The Morgan fingerprint density at radius 3 is 2.45 bits per heavy atom. The standard InChI is InChI=1S/C13H11F3N2OS/c1-2-10-12(20-18-17-10)11(19)7-8-3-5-9(6-4-8)13(14,15)16/h3-6H,2,7H2,1H3. The summed E-state index contributed by atoms with van der Waals surface area (Å²) in [5.41, 5.74) is 0.452. The molecular weight excluding hydrogens is 289 g/mol. The molecular formula is C13H11F3N2OS. The van der Waals surface area contributed by atoms with E-state index in [1.807, 2.05) is 6.92 Å². The van der Waals surface area contributed by atoms with Gasteiger partial charge in [-0.25, -0.2) is 0 Å². The Morgan fingerprint density at radius 1 is 1.25 bits per heavy atom. The maximum absolute atomic E-state index is 12.4. The van der Waals surface area contributed by atoms with E-state index in [1.165, 1.54) is 12.1 Å². The van der Waals surface area contributed by atoms with Crippen LogP contribution in [0.25, 0.3) is 0 Å². The van der Waals surface area contributed by atoms with Gasteiger partial charge in [-0.3, -0.25) is 4.79 Å². The predicted molar refractivity (Wildman–Crippen MR) is 68.8 cm³/mol. The summed E-state index contributed by atoms with van der Waals surface area (Å²) >= 11 is 1.02. The molecule has 0 unspecified atom stereocenters. The molecule has 3 nitrogen and oxygen atoms in total. The monoisotopic (exact) mass is 300 g/mol. The lowest BCUT2D eigenvalue weighted by atomic mass is 10.0. The molecule has 0 atom stereocenters. The average Bonchev–Trinajstić information content (AvgIpc) is 2.86. The van der Waals surface area contributed by atoms with Gasteiger partial charge in [0.2, 0.25) is 0 Å². The lowest BCUT2D eigenvalue weighted by molar-refractivity contribution is -0.137. The van der Waals surface area contributed by atoms with Gasteiger partial charge >= 0.3 is 6.18 Å². The molecule has 2 rings (SSSR count). The molecule has 20 heavy (non-hydrogen) atoms. The van der Waals surface area contributed by atoms with Crippen LogP contribution in [0.5, 0.6) is 0 Å². The largest absolute Gasteiger partial charge is 0.416 e. The van der Waals surface area contributed by atoms with Crippen molar-refractivity contribution in [3.63, 3.8) is 0 Å². The summed E-state index contributed by atoms with van der Waals surface area (Å²) in [5, 5.41) is 3.84. The van der Waals surface area contributed by atoms with Crippen LogP contribution in [-0.2, 0) is 19.0 Å². The third-order valence-electron chi connectivity index (χ3n) is 2.79. The van der Waals surface area contributed by atoms with Gasteiger partial charge in [-0.05, 0) is 35.6 Å². The number of nitrogens with zero attached hydrogens (tertiary/aromatic N) is 2. The fourth-order valence-electron chi connectivity index (χ4n) is 1.73. The van der Waals surface area contributed by atoms with Crippen LogP contribution in [0, 0.1) is 0 Å². The number of aryl methyl sites for hydroxylation is 1. The van der Waals surface area contributed by atoms with Crippen molar-refractivity contribution in [2.45, 2.75) is 25.9 Å². The number of ketones is 1. The van der Waals surface area contributed by atoms with Crippen LogP contribution in [0.4, 0.5) is 13.2 Å². The first-order valence-corrected chi connectivity index (χ1v) is 6.69. The highest BCUT2D eigenvalue weighted by Crippen LogP contribution is 2.29. The van der Waals surface area contributed by atoms with E-state index in [0.717, 1.165) is 23.7 Å². The van der Waals surface area contributed by atoms with Crippen molar-refractivity contribution in [1.82, 2.24) is 9.59 Å². The van der Waals surface area contributed by atoms with E-state index >= 15 is 0 Å². The van der Waals surface area contributed by atoms with Crippen molar-refractivity contribution in [1.29, 1.82) is 0 Å². The fourth-order valence-corrected chi connectivity index (χ4v) is 2.41. The molecule has 1 aromatic carbocycles. The van der Waals surface area contributed by atoms with E-state index in [2.05, 4.69) is 9.59 Å². The summed E-state index contributed by atoms with van der Waals surface area (Å²) in [5.74, 6) is -0.170. The molecule has 0 N–H and O–H groups in total. The Hall–Kier alpha value is -1.76. The van der Waals surface area contributed by atoms with Gasteiger partial charge in [-0.15, -0.1) is 5.10 Å². The molecule has 106 valence electrons. The lowest BCUT2D eigenvalue weighted by Crippen LogP contribution is -2.07. The lowest BCUT2D eigenvalue weighted by Gasteiger charge is -2.07. The Balaban J connectivity index is 2.13. The van der Waals surface area contributed by atoms with Gasteiger partial charge in [0.05, 0.1) is 11.3 Å². The van der Waals surface area contributed by atoms with Crippen molar-refractivity contribution in [2.24, 2.45) is 0 Å². The number of carbonyl (C=O) groups excluding carboxylic acids is 1. The molecule has 0 spiro atoms. The third kappa shape index (κ3) is 3.22. The number of halogens is 3. The molecule has 0 saturated heterocycles. The van der Waals surface area contributed by atoms with Crippen LogP contribution >= 0.6 is 11.5 Å². The Morgan fingerprint density at radius 2 is 1.90 bits per heavy atom. The SMILES string of the molecule is CCc1nnsc1C(=O)Cc1ccc(C(F)(F)F)cc1. The van der Waals surface area contributed by atoms with Crippen LogP contribution in [-0.4, -0.2) is 15.4 Å². The minimum absolute atomic E-state index is 0.0506. The van der Waals surface area contributed by atoms with Gasteiger partial charge in [0.25, 0.3) is 0 Å². The van der Waals surface area contributed by atoms with E-state index in [1.54, 1.807) is 0 Å². The number of hydrogen-bond acceptors (Lipinski definition) is 4. The van der Waals surface area contributed by atoms with E-state index < -0.39 is 11.7 Å². The number of benzene rings is 1. The quantitative estimate of drug-likeness (QED) is 0.811. The Labute approximate surface area is 117 Å². The number of rotatable bonds is 4. The van der Waals surface area contributed by atoms with Crippen molar-refractivity contribution >= 4 is 17.3 Å². The Bertz CT molecular complexity index is 605. The van der Waals surface area contributed by atoms with E-state index in [0.29, 0.717) is 22.6 Å². The molecule has 0 amide bonds. The first kappa shape index (κ1) is 14.6. The van der Waals surface area contributed by atoms with Gasteiger partial charge in [-0.1, -0.05) is 23.5 Å². The maximum Gasteiger partial charge on any atom is 0.416 e. The van der Waals surface area contributed by atoms with E-state index in [4.69, 9.17) is 0 Å².